The summed E-state index contributed by atoms with van der Waals surface area (Å²) in [6.45, 7) is 8.87. The molecule has 2 rings (SSSR count). The Bertz CT molecular complexity index is 626. The van der Waals surface area contributed by atoms with E-state index in [1.165, 1.54) is 5.56 Å². The Morgan fingerprint density at radius 1 is 1.13 bits per heavy atom. The highest BCUT2D eigenvalue weighted by molar-refractivity contribution is 5.43. The topological polar surface area (TPSA) is 50.3 Å². The molecule has 0 saturated carbocycles. The maximum Gasteiger partial charge on any atom is 0.227 e. The van der Waals surface area contributed by atoms with Gasteiger partial charge < -0.3 is 15.0 Å². The molecule has 5 nitrogen and oxygen atoms in total. The standard InChI is InChI=1S/C18H26N4O/c1-5-22(6-2)18-20-14(3)12-17(21-18)19-11-10-15-8-7-9-16(13-15)23-4/h7-9,12-13H,5-6,10-11H2,1-4H3,(H,19,20,21). The molecule has 0 radical (unpaired) electrons. The van der Waals surface area contributed by atoms with E-state index in [0.717, 1.165) is 49.3 Å². The molecule has 5 heteroatoms. The maximum atomic E-state index is 5.26. The number of methoxy groups -OCH3 is 1. The molecule has 1 aromatic carbocycles. The molecule has 1 aromatic heterocycles. The lowest BCUT2D eigenvalue weighted by atomic mass is 10.1. The first-order chi connectivity index (χ1) is 11.2. The lowest BCUT2D eigenvalue weighted by Crippen LogP contribution is -2.25. The van der Waals surface area contributed by atoms with E-state index in [0.29, 0.717) is 0 Å². The van der Waals surface area contributed by atoms with Crippen LogP contribution in [0.2, 0.25) is 0 Å². The maximum absolute atomic E-state index is 5.26. The van der Waals surface area contributed by atoms with Gasteiger partial charge in [-0.3, -0.25) is 0 Å². The van der Waals surface area contributed by atoms with E-state index < -0.39 is 0 Å². The molecule has 0 spiro atoms. The van der Waals surface area contributed by atoms with Crippen LogP contribution in [-0.2, 0) is 6.42 Å². The van der Waals surface area contributed by atoms with Crippen LogP contribution in [0, 0.1) is 6.92 Å². The van der Waals surface area contributed by atoms with Crippen LogP contribution in [0.5, 0.6) is 5.75 Å². The Labute approximate surface area is 138 Å². The van der Waals surface area contributed by atoms with Gasteiger partial charge in [-0.2, -0.15) is 4.98 Å². The van der Waals surface area contributed by atoms with Crippen molar-refractivity contribution in [2.45, 2.75) is 27.2 Å². The number of hydrogen-bond acceptors (Lipinski definition) is 5. The van der Waals surface area contributed by atoms with Crippen molar-refractivity contribution in [1.29, 1.82) is 0 Å². The number of hydrogen-bond donors (Lipinski definition) is 1. The third kappa shape index (κ3) is 4.84. The van der Waals surface area contributed by atoms with E-state index in [9.17, 15) is 0 Å². The minimum Gasteiger partial charge on any atom is -0.497 e. The predicted molar refractivity (Wildman–Crippen MR) is 95.5 cm³/mol. The van der Waals surface area contributed by atoms with E-state index in [2.05, 4.69) is 46.2 Å². The summed E-state index contributed by atoms with van der Waals surface area (Å²) in [4.78, 5) is 11.3. The molecule has 124 valence electrons. The number of nitrogens with one attached hydrogen (secondary N) is 1. The molecule has 0 bridgehead atoms. The zero-order valence-corrected chi connectivity index (χ0v) is 14.5. The van der Waals surface area contributed by atoms with E-state index in [-0.39, 0.29) is 0 Å². The summed E-state index contributed by atoms with van der Waals surface area (Å²) < 4.78 is 5.26. The number of rotatable bonds is 8. The number of benzene rings is 1. The second-order valence-corrected chi connectivity index (χ2v) is 5.40. The van der Waals surface area contributed by atoms with Gasteiger partial charge in [0.1, 0.15) is 11.6 Å². The summed E-state index contributed by atoms with van der Waals surface area (Å²) in [7, 11) is 1.69. The van der Waals surface area contributed by atoms with Crippen molar-refractivity contribution in [2.75, 3.05) is 37.0 Å². The lowest BCUT2D eigenvalue weighted by molar-refractivity contribution is 0.414. The van der Waals surface area contributed by atoms with Crippen LogP contribution in [0.25, 0.3) is 0 Å². The number of anilines is 2. The third-order valence-corrected chi connectivity index (χ3v) is 3.74. The fourth-order valence-corrected chi connectivity index (χ4v) is 2.45. The first-order valence-electron chi connectivity index (χ1n) is 8.13. The molecule has 0 aliphatic heterocycles. The van der Waals surface area contributed by atoms with Gasteiger partial charge >= 0.3 is 0 Å². The van der Waals surface area contributed by atoms with Crippen LogP contribution >= 0.6 is 0 Å². The van der Waals surface area contributed by atoms with Gasteiger partial charge in [-0.05, 0) is 44.9 Å². The molecular weight excluding hydrogens is 288 g/mol. The quantitative estimate of drug-likeness (QED) is 0.810. The summed E-state index contributed by atoms with van der Waals surface area (Å²) in [6, 6.07) is 10.1. The second-order valence-electron chi connectivity index (χ2n) is 5.40. The minimum absolute atomic E-state index is 0.791. The van der Waals surface area contributed by atoms with Crippen molar-refractivity contribution in [3.63, 3.8) is 0 Å². The van der Waals surface area contributed by atoms with Crippen LogP contribution in [0.3, 0.4) is 0 Å². The number of aromatic nitrogens is 2. The van der Waals surface area contributed by atoms with Gasteiger partial charge in [0.05, 0.1) is 7.11 Å². The molecule has 0 saturated heterocycles. The minimum atomic E-state index is 0.791. The van der Waals surface area contributed by atoms with E-state index >= 15 is 0 Å². The van der Waals surface area contributed by atoms with Gasteiger partial charge in [0, 0.05) is 31.4 Å². The van der Waals surface area contributed by atoms with Crippen molar-refractivity contribution < 1.29 is 4.74 Å². The molecule has 2 aromatic rings. The molecule has 0 unspecified atom stereocenters. The molecule has 1 heterocycles. The molecule has 0 aliphatic rings. The fourth-order valence-electron chi connectivity index (χ4n) is 2.45. The van der Waals surface area contributed by atoms with Gasteiger partial charge in [0.25, 0.3) is 0 Å². The number of nitrogens with zero attached hydrogens (tertiary/aromatic N) is 3. The zero-order chi connectivity index (χ0) is 16.7. The van der Waals surface area contributed by atoms with Crippen molar-refractivity contribution >= 4 is 11.8 Å². The predicted octanol–water partition coefficient (Wildman–Crippen LogP) is 3.29. The Hall–Kier alpha value is -2.30. The van der Waals surface area contributed by atoms with E-state index in [4.69, 9.17) is 4.74 Å². The molecule has 1 N–H and O–H groups in total. The fraction of sp³-hybridized carbons (Fsp3) is 0.444. The molecular formula is C18H26N4O. The Morgan fingerprint density at radius 3 is 2.61 bits per heavy atom. The van der Waals surface area contributed by atoms with Crippen LogP contribution in [0.15, 0.2) is 30.3 Å². The smallest absolute Gasteiger partial charge is 0.227 e. The van der Waals surface area contributed by atoms with Crippen LogP contribution in [0.1, 0.15) is 25.1 Å². The van der Waals surface area contributed by atoms with Crippen molar-refractivity contribution in [3.05, 3.63) is 41.6 Å². The third-order valence-electron chi connectivity index (χ3n) is 3.74. The van der Waals surface area contributed by atoms with Gasteiger partial charge in [-0.1, -0.05) is 12.1 Å². The molecule has 0 aliphatic carbocycles. The summed E-state index contributed by atoms with van der Waals surface area (Å²) in [5.74, 6) is 2.56. The molecule has 0 amide bonds. The first-order valence-corrected chi connectivity index (χ1v) is 8.13. The Morgan fingerprint density at radius 2 is 1.91 bits per heavy atom. The van der Waals surface area contributed by atoms with Gasteiger partial charge in [0.2, 0.25) is 5.95 Å². The average molecular weight is 314 g/mol. The summed E-state index contributed by atoms with van der Waals surface area (Å²) in [6.07, 6.45) is 0.918. The highest BCUT2D eigenvalue weighted by Crippen LogP contribution is 2.15. The average Bonchev–Trinajstić information content (AvgIpc) is 2.56. The monoisotopic (exact) mass is 314 g/mol. The van der Waals surface area contributed by atoms with Crippen molar-refractivity contribution in [3.8, 4) is 5.75 Å². The van der Waals surface area contributed by atoms with Crippen LogP contribution < -0.4 is 15.0 Å². The SMILES string of the molecule is CCN(CC)c1nc(C)cc(NCCc2cccc(OC)c2)n1. The zero-order valence-electron chi connectivity index (χ0n) is 14.5. The molecule has 0 fully saturated rings. The highest BCUT2D eigenvalue weighted by Gasteiger charge is 2.08. The molecule has 0 atom stereocenters. The lowest BCUT2D eigenvalue weighted by Gasteiger charge is -2.19. The van der Waals surface area contributed by atoms with E-state index in [1.807, 2.05) is 25.1 Å². The highest BCUT2D eigenvalue weighted by atomic mass is 16.5. The summed E-state index contributed by atoms with van der Waals surface area (Å²) >= 11 is 0. The van der Waals surface area contributed by atoms with Crippen LogP contribution in [-0.4, -0.2) is 36.7 Å². The normalized spacial score (nSPS) is 10.4. The van der Waals surface area contributed by atoms with Crippen LogP contribution in [0.4, 0.5) is 11.8 Å². The van der Waals surface area contributed by atoms with Gasteiger partial charge in [0.15, 0.2) is 0 Å². The first kappa shape index (κ1) is 17.1. The largest absolute Gasteiger partial charge is 0.497 e. The number of ether oxygens (including phenoxy) is 1. The van der Waals surface area contributed by atoms with Gasteiger partial charge in [-0.25, -0.2) is 4.98 Å². The van der Waals surface area contributed by atoms with Crippen molar-refractivity contribution in [2.24, 2.45) is 0 Å². The van der Waals surface area contributed by atoms with Gasteiger partial charge in [-0.15, -0.1) is 0 Å². The molecule has 23 heavy (non-hydrogen) atoms. The summed E-state index contributed by atoms with van der Waals surface area (Å²) in [5.41, 5.74) is 2.22. The Kier molecular flexibility index (Phi) is 6.20. The number of aryl methyl sites for hydroxylation is 1. The van der Waals surface area contributed by atoms with Crippen molar-refractivity contribution in [1.82, 2.24) is 9.97 Å². The second kappa shape index (κ2) is 8.36. The Balaban J connectivity index is 1.99. The van der Waals surface area contributed by atoms with E-state index in [1.54, 1.807) is 7.11 Å². The summed E-state index contributed by atoms with van der Waals surface area (Å²) in [5, 5.41) is 3.40.